The smallest absolute Gasteiger partial charge is 0.326 e. The van der Waals surface area contributed by atoms with Gasteiger partial charge in [0, 0.05) is 6.04 Å². The van der Waals surface area contributed by atoms with Crippen molar-refractivity contribution in [1.29, 1.82) is 0 Å². The molecule has 18 heavy (non-hydrogen) atoms. The lowest BCUT2D eigenvalue weighted by Crippen LogP contribution is -2.60. The lowest BCUT2D eigenvalue weighted by atomic mass is 9.92. The summed E-state index contributed by atoms with van der Waals surface area (Å²) in [7, 11) is 0. The molecule has 1 aliphatic carbocycles. The first-order valence-electron chi connectivity index (χ1n) is 6.88. The largest absolute Gasteiger partial charge is 0.480 e. The summed E-state index contributed by atoms with van der Waals surface area (Å²) in [4.78, 5) is 11.7. The highest BCUT2D eigenvalue weighted by molar-refractivity contribution is 5.80. The van der Waals surface area contributed by atoms with E-state index in [0.717, 1.165) is 19.3 Å². The van der Waals surface area contributed by atoms with Crippen molar-refractivity contribution in [3.8, 4) is 0 Å². The number of nitrogens with one attached hydrogen (secondary N) is 1. The van der Waals surface area contributed by atoms with E-state index in [9.17, 15) is 9.90 Å². The fourth-order valence-electron chi connectivity index (χ4n) is 2.08. The molecule has 0 spiro atoms. The molecule has 0 radical (unpaired) electrons. The van der Waals surface area contributed by atoms with Gasteiger partial charge in [-0.1, -0.05) is 6.92 Å². The van der Waals surface area contributed by atoms with E-state index in [1.807, 2.05) is 27.7 Å². The van der Waals surface area contributed by atoms with Crippen molar-refractivity contribution in [1.82, 2.24) is 5.32 Å². The molecule has 4 nitrogen and oxygen atoms in total. The molecule has 2 N–H and O–H groups in total. The van der Waals surface area contributed by atoms with Gasteiger partial charge in [0.1, 0.15) is 5.54 Å². The van der Waals surface area contributed by atoms with Crippen molar-refractivity contribution in [2.24, 2.45) is 5.92 Å². The second-order valence-corrected chi connectivity index (χ2v) is 6.25. The molecule has 0 aromatic heterocycles. The molecule has 1 atom stereocenters. The summed E-state index contributed by atoms with van der Waals surface area (Å²) < 4.78 is 5.86. The highest BCUT2D eigenvalue weighted by Gasteiger charge is 2.52. The highest BCUT2D eigenvalue weighted by Crippen LogP contribution is 2.41. The zero-order chi connectivity index (χ0) is 14.0. The van der Waals surface area contributed by atoms with Crippen molar-refractivity contribution < 1.29 is 14.6 Å². The fraction of sp³-hybridized carbons (Fsp3) is 0.929. The molecular weight excluding hydrogens is 230 g/mol. The first-order chi connectivity index (χ1) is 8.23. The number of rotatable bonds is 8. The molecule has 0 bridgehead atoms. The summed E-state index contributed by atoms with van der Waals surface area (Å²) >= 11 is 0. The van der Waals surface area contributed by atoms with E-state index >= 15 is 0 Å². The Balaban J connectivity index is 2.79. The molecule has 106 valence electrons. The lowest BCUT2D eigenvalue weighted by Gasteiger charge is -2.36. The maximum atomic E-state index is 11.7. The minimum atomic E-state index is -0.916. The molecule has 0 saturated heterocycles. The molecule has 0 aromatic rings. The predicted octanol–water partition coefficient (Wildman–Crippen LogP) is 2.42. The van der Waals surface area contributed by atoms with Crippen LogP contribution in [0.5, 0.6) is 0 Å². The van der Waals surface area contributed by atoms with Gasteiger partial charge in [-0.15, -0.1) is 0 Å². The van der Waals surface area contributed by atoms with Crippen LogP contribution in [0.2, 0.25) is 0 Å². The summed E-state index contributed by atoms with van der Waals surface area (Å²) in [6.07, 6.45) is 2.82. The van der Waals surface area contributed by atoms with Crippen molar-refractivity contribution in [3.05, 3.63) is 0 Å². The first-order valence-corrected chi connectivity index (χ1v) is 6.88. The molecule has 1 saturated carbocycles. The van der Waals surface area contributed by atoms with E-state index < -0.39 is 11.5 Å². The number of hydrogen-bond donors (Lipinski definition) is 2. The Bertz CT molecular complexity index is 297. The summed E-state index contributed by atoms with van der Waals surface area (Å²) in [5.74, 6) is -0.587. The average Bonchev–Trinajstić information content (AvgIpc) is 3.07. The van der Waals surface area contributed by atoms with Crippen LogP contribution in [0, 0.1) is 5.92 Å². The Kier molecular flexibility index (Phi) is 4.78. The SMILES string of the molecule is CCC(C)(C)OCC(NC(C)C)(C(=O)O)C1CC1. The Labute approximate surface area is 110 Å². The van der Waals surface area contributed by atoms with Crippen LogP contribution in [0.3, 0.4) is 0 Å². The van der Waals surface area contributed by atoms with Gasteiger partial charge in [0.2, 0.25) is 0 Å². The predicted molar refractivity (Wildman–Crippen MR) is 71.7 cm³/mol. The van der Waals surface area contributed by atoms with Gasteiger partial charge in [0.15, 0.2) is 0 Å². The van der Waals surface area contributed by atoms with E-state index in [1.54, 1.807) is 0 Å². The van der Waals surface area contributed by atoms with E-state index in [0.29, 0.717) is 0 Å². The van der Waals surface area contributed by atoms with Crippen molar-refractivity contribution in [2.75, 3.05) is 6.61 Å². The van der Waals surface area contributed by atoms with Gasteiger partial charge in [-0.3, -0.25) is 10.1 Å². The Hall–Kier alpha value is -0.610. The Morgan fingerprint density at radius 1 is 1.44 bits per heavy atom. The number of ether oxygens (including phenoxy) is 1. The summed E-state index contributed by atoms with van der Waals surface area (Å²) in [5.41, 5.74) is -1.19. The van der Waals surface area contributed by atoms with Gasteiger partial charge in [-0.2, -0.15) is 0 Å². The molecular formula is C14H27NO3. The van der Waals surface area contributed by atoms with Gasteiger partial charge in [-0.05, 0) is 52.9 Å². The minimum absolute atomic E-state index is 0.134. The van der Waals surface area contributed by atoms with Crippen LogP contribution in [-0.2, 0) is 9.53 Å². The van der Waals surface area contributed by atoms with Crippen LogP contribution in [0.1, 0.15) is 53.9 Å². The molecule has 0 amide bonds. The van der Waals surface area contributed by atoms with Crippen LogP contribution in [-0.4, -0.2) is 34.9 Å². The van der Waals surface area contributed by atoms with Crippen molar-refractivity contribution >= 4 is 5.97 Å². The zero-order valence-electron chi connectivity index (χ0n) is 12.2. The molecule has 0 aliphatic heterocycles. The number of aliphatic carboxylic acids is 1. The van der Waals surface area contributed by atoms with Crippen molar-refractivity contribution in [2.45, 2.75) is 71.1 Å². The molecule has 0 heterocycles. The third-order valence-corrected chi connectivity index (χ3v) is 3.74. The van der Waals surface area contributed by atoms with Crippen LogP contribution >= 0.6 is 0 Å². The highest BCUT2D eigenvalue weighted by atomic mass is 16.5. The van der Waals surface area contributed by atoms with Crippen LogP contribution in [0.4, 0.5) is 0 Å². The van der Waals surface area contributed by atoms with E-state index in [2.05, 4.69) is 12.2 Å². The quantitative estimate of drug-likeness (QED) is 0.701. The van der Waals surface area contributed by atoms with Crippen LogP contribution < -0.4 is 5.32 Å². The van der Waals surface area contributed by atoms with Crippen LogP contribution in [0.15, 0.2) is 0 Å². The number of hydrogen-bond acceptors (Lipinski definition) is 3. The number of carboxylic acid groups (broad SMARTS) is 1. The topological polar surface area (TPSA) is 58.6 Å². The molecule has 0 aromatic carbocycles. The fourth-order valence-corrected chi connectivity index (χ4v) is 2.08. The molecule has 1 rings (SSSR count). The number of carbonyl (C=O) groups is 1. The third-order valence-electron chi connectivity index (χ3n) is 3.74. The summed E-state index contributed by atoms with van der Waals surface area (Å²) in [6, 6.07) is 0.134. The number of carboxylic acids is 1. The average molecular weight is 257 g/mol. The summed E-state index contributed by atoms with van der Waals surface area (Å²) in [5, 5.41) is 12.8. The molecule has 1 fully saturated rings. The maximum Gasteiger partial charge on any atom is 0.326 e. The second-order valence-electron chi connectivity index (χ2n) is 6.25. The first kappa shape index (κ1) is 15.4. The third kappa shape index (κ3) is 3.69. The summed E-state index contributed by atoms with van der Waals surface area (Å²) in [6.45, 7) is 10.3. The van der Waals surface area contributed by atoms with Crippen molar-refractivity contribution in [3.63, 3.8) is 0 Å². The molecule has 1 aliphatic rings. The maximum absolute atomic E-state index is 11.7. The monoisotopic (exact) mass is 257 g/mol. The Morgan fingerprint density at radius 3 is 2.33 bits per heavy atom. The van der Waals surface area contributed by atoms with E-state index in [1.165, 1.54) is 0 Å². The zero-order valence-corrected chi connectivity index (χ0v) is 12.2. The van der Waals surface area contributed by atoms with Gasteiger partial charge in [0.25, 0.3) is 0 Å². The molecule has 1 unspecified atom stereocenters. The van der Waals surface area contributed by atoms with Gasteiger partial charge in [0.05, 0.1) is 12.2 Å². The van der Waals surface area contributed by atoms with Crippen LogP contribution in [0.25, 0.3) is 0 Å². The lowest BCUT2D eigenvalue weighted by molar-refractivity contribution is -0.153. The minimum Gasteiger partial charge on any atom is -0.480 e. The van der Waals surface area contributed by atoms with Gasteiger partial charge >= 0.3 is 5.97 Å². The standard InChI is InChI=1S/C14H27NO3/c1-6-13(4,5)18-9-14(12(16)17,11-7-8-11)15-10(2)3/h10-11,15H,6-9H2,1-5H3,(H,16,17). The van der Waals surface area contributed by atoms with Gasteiger partial charge in [-0.25, -0.2) is 0 Å². The van der Waals surface area contributed by atoms with Gasteiger partial charge < -0.3 is 9.84 Å². The van der Waals surface area contributed by atoms with E-state index in [-0.39, 0.29) is 24.2 Å². The molecule has 4 heteroatoms. The Morgan fingerprint density at radius 2 is 2.00 bits per heavy atom. The van der Waals surface area contributed by atoms with E-state index in [4.69, 9.17) is 4.74 Å². The second kappa shape index (κ2) is 5.57. The normalized spacial score (nSPS) is 19.9.